The Morgan fingerprint density at radius 1 is 0.850 bits per heavy atom. The maximum Gasteiger partial charge on any atom is 0.251 e. The fourth-order valence-corrected chi connectivity index (χ4v) is 5.40. The van der Waals surface area contributed by atoms with Gasteiger partial charge in [-0.2, -0.15) is 0 Å². The maximum absolute atomic E-state index is 12.6. The number of carbonyl (C=O) groups excluding carboxylic acids is 1. The minimum Gasteiger partial charge on any atom is -0.492 e. The quantitative estimate of drug-likeness (QED) is 0.201. The van der Waals surface area contributed by atoms with E-state index in [1.165, 1.54) is 16.7 Å². The Hall–Kier alpha value is -3.64. The summed E-state index contributed by atoms with van der Waals surface area (Å²) in [5.74, 6) is 0.712. The molecule has 0 aliphatic carbocycles. The molecule has 4 aromatic carbocycles. The average Bonchev–Trinajstić information content (AvgIpc) is 3.00. The lowest BCUT2D eigenvalue weighted by atomic mass is 9.69. The van der Waals surface area contributed by atoms with Crippen LogP contribution < -0.4 is 15.4 Å². The standard InChI is InChI=1S/C34H36N2O3.ClH/c37-33(36-21-22-39-31-16-5-2-6-17-31)28-13-9-11-27(23-28)24-35-20-10-19-34(30-14-3-1-4-15-30)26-38-25-29-12-7-8-18-32(29)34;/h1-9,11-18,23,35H,10,19-22,24-26H2,(H,36,37);1H. The van der Waals surface area contributed by atoms with Gasteiger partial charge in [-0.25, -0.2) is 0 Å². The Bertz CT molecular complexity index is 1350. The van der Waals surface area contributed by atoms with Gasteiger partial charge in [0.1, 0.15) is 12.4 Å². The predicted octanol–water partition coefficient (Wildman–Crippen LogP) is 6.30. The summed E-state index contributed by atoms with van der Waals surface area (Å²) in [7, 11) is 0. The number of carbonyl (C=O) groups is 1. The number of nitrogens with one attached hydrogen (secondary N) is 2. The van der Waals surface area contributed by atoms with E-state index in [2.05, 4.69) is 71.3 Å². The molecule has 4 aromatic rings. The number of rotatable bonds is 12. The van der Waals surface area contributed by atoms with Crippen LogP contribution in [0.4, 0.5) is 0 Å². The lowest BCUT2D eigenvalue weighted by Crippen LogP contribution is -2.38. The van der Waals surface area contributed by atoms with Crippen molar-refractivity contribution in [1.29, 1.82) is 0 Å². The number of hydrogen-bond donors (Lipinski definition) is 2. The van der Waals surface area contributed by atoms with E-state index in [1.807, 2.05) is 48.5 Å². The molecule has 0 radical (unpaired) electrons. The third-order valence-corrected chi connectivity index (χ3v) is 7.34. The van der Waals surface area contributed by atoms with Crippen molar-refractivity contribution in [3.63, 3.8) is 0 Å². The fourth-order valence-electron chi connectivity index (χ4n) is 5.40. The summed E-state index contributed by atoms with van der Waals surface area (Å²) in [5, 5.41) is 6.52. The van der Waals surface area contributed by atoms with E-state index in [0.717, 1.165) is 30.7 Å². The lowest BCUT2D eigenvalue weighted by Gasteiger charge is -2.40. The minimum atomic E-state index is -0.139. The number of ether oxygens (including phenoxy) is 2. The van der Waals surface area contributed by atoms with Gasteiger partial charge in [-0.1, -0.05) is 84.9 Å². The smallest absolute Gasteiger partial charge is 0.251 e. The first-order valence-electron chi connectivity index (χ1n) is 13.7. The van der Waals surface area contributed by atoms with Crippen LogP contribution in [-0.2, 0) is 23.3 Å². The monoisotopic (exact) mass is 556 g/mol. The molecule has 1 aliphatic heterocycles. The van der Waals surface area contributed by atoms with Crippen molar-refractivity contribution < 1.29 is 14.3 Å². The van der Waals surface area contributed by atoms with Gasteiger partial charge in [-0.15, -0.1) is 12.4 Å². The van der Waals surface area contributed by atoms with Crippen molar-refractivity contribution in [3.8, 4) is 5.75 Å². The molecule has 208 valence electrons. The SMILES string of the molecule is Cl.O=C(NCCOc1ccccc1)c1cccc(CNCCCC2(c3ccccc3)COCc3ccccc32)c1. The molecule has 0 saturated heterocycles. The second-order valence-corrected chi connectivity index (χ2v) is 10.00. The van der Waals surface area contributed by atoms with Gasteiger partial charge < -0.3 is 20.1 Å². The molecule has 1 atom stereocenters. The number of amides is 1. The van der Waals surface area contributed by atoms with Gasteiger partial charge in [0.05, 0.1) is 19.8 Å². The second kappa shape index (κ2) is 14.7. The second-order valence-electron chi connectivity index (χ2n) is 10.00. The van der Waals surface area contributed by atoms with Gasteiger partial charge in [0.15, 0.2) is 0 Å². The van der Waals surface area contributed by atoms with Crippen LogP contribution in [0.2, 0.25) is 0 Å². The van der Waals surface area contributed by atoms with Gasteiger partial charge in [0, 0.05) is 17.5 Å². The summed E-state index contributed by atoms with van der Waals surface area (Å²) in [6.07, 6.45) is 2.00. The Kier molecular flexibility index (Phi) is 10.8. The third-order valence-electron chi connectivity index (χ3n) is 7.34. The van der Waals surface area contributed by atoms with E-state index >= 15 is 0 Å². The highest BCUT2D eigenvalue weighted by atomic mass is 35.5. The van der Waals surface area contributed by atoms with Crippen LogP contribution in [-0.4, -0.2) is 32.2 Å². The summed E-state index contributed by atoms with van der Waals surface area (Å²) in [6.45, 7) is 3.84. The van der Waals surface area contributed by atoms with E-state index in [9.17, 15) is 4.79 Å². The van der Waals surface area contributed by atoms with Crippen LogP contribution in [0.5, 0.6) is 5.75 Å². The minimum absolute atomic E-state index is 0. The van der Waals surface area contributed by atoms with E-state index in [1.54, 1.807) is 0 Å². The highest BCUT2D eigenvalue weighted by Crippen LogP contribution is 2.41. The molecule has 0 fully saturated rings. The van der Waals surface area contributed by atoms with Crippen molar-refractivity contribution in [2.24, 2.45) is 0 Å². The maximum atomic E-state index is 12.6. The van der Waals surface area contributed by atoms with Crippen LogP contribution in [0.15, 0.2) is 109 Å². The third kappa shape index (κ3) is 7.30. The summed E-state index contributed by atoms with van der Waals surface area (Å²) in [5.41, 5.74) is 5.59. The molecule has 0 bridgehead atoms. The molecule has 2 N–H and O–H groups in total. The van der Waals surface area contributed by atoms with Crippen LogP contribution in [0.25, 0.3) is 0 Å². The fraction of sp³-hybridized carbons (Fsp3) is 0.265. The summed E-state index contributed by atoms with van der Waals surface area (Å²) in [6, 6.07) is 36.8. The molecular weight excluding hydrogens is 520 g/mol. The first-order valence-corrected chi connectivity index (χ1v) is 13.7. The highest BCUT2D eigenvalue weighted by molar-refractivity contribution is 5.94. The Balaban J connectivity index is 0.00000370. The van der Waals surface area contributed by atoms with Gasteiger partial charge >= 0.3 is 0 Å². The Morgan fingerprint density at radius 2 is 1.60 bits per heavy atom. The van der Waals surface area contributed by atoms with Crippen LogP contribution in [0.3, 0.4) is 0 Å². The molecule has 5 rings (SSSR count). The van der Waals surface area contributed by atoms with Gasteiger partial charge in [-0.05, 0) is 65.9 Å². The van der Waals surface area contributed by atoms with Crippen LogP contribution in [0, 0.1) is 0 Å². The molecule has 5 nitrogen and oxygen atoms in total. The lowest BCUT2D eigenvalue weighted by molar-refractivity contribution is 0.0613. The molecule has 1 amide bonds. The molecule has 0 aromatic heterocycles. The zero-order valence-electron chi connectivity index (χ0n) is 22.7. The molecule has 40 heavy (non-hydrogen) atoms. The predicted molar refractivity (Wildman–Crippen MR) is 162 cm³/mol. The number of halogens is 1. The van der Waals surface area contributed by atoms with Crippen LogP contribution in [0.1, 0.15) is 45.5 Å². The van der Waals surface area contributed by atoms with Crippen molar-refractivity contribution in [1.82, 2.24) is 10.6 Å². The zero-order valence-corrected chi connectivity index (χ0v) is 23.5. The van der Waals surface area contributed by atoms with E-state index in [4.69, 9.17) is 9.47 Å². The van der Waals surface area contributed by atoms with Crippen molar-refractivity contribution in [2.45, 2.75) is 31.4 Å². The largest absolute Gasteiger partial charge is 0.492 e. The Labute approximate surface area is 243 Å². The van der Waals surface area contributed by atoms with Crippen LogP contribution >= 0.6 is 12.4 Å². The van der Waals surface area contributed by atoms with Crippen molar-refractivity contribution in [3.05, 3.63) is 137 Å². The molecular formula is C34H37ClN2O3. The van der Waals surface area contributed by atoms with Crippen molar-refractivity contribution in [2.75, 3.05) is 26.3 Å². The summed E-state index contributed by atoms with van der Waals surface area (Å²) < 4.78 is 11.8. The molecule has 1 unspecified atom stereocenters. The summed E-state index contributed by atoms with van der Waals surface area (Å²) >= 11 is 0. The zero-order chi connectivity index (χ0) is 26.8. The van der Waals surface area contributed by atoms with Gasteiger partial charge in [0.25, 0.3) is 5.91 Å². The molecule has 1 heterocycles. The van der Waals surface area contributed by atoms with Gasteiger partial charge in [-0.3, -0.25) is 4.79 Å². The normalized spacial score (nSPS) is 15.9. The molecule has 0 saturated carbocycles. The Morgan fingerprint density at radius 3 is 2.42 bits per heavy atom. The van der Waals surface area contributed by atoms with E-state index in [0.29, 0.717) is 38.5 Å². The van der Waals surface area contributed by atoms with E-state index < -0.39 is 0 Å². The first-order chi connectivity index (χ1) is 19.2. The number of benzene rings is 4. The number of hydrogen-bond acceptors (Lipinski definition) is 4. The summed E-state index contributed by atoms with van der Waals surface area (Å²) in [4.78, 5) is 12.6. The molecule has 0 spiro atoms. The average molecular weight is 557 g/mol. The van der Waals surface area contributed by atoms with E-state index in [-0.39, 0.29) is 23.7 Å². The first kappa shape index (κ1) is 29.3. The highest BCUT2D eigenvalue weighted by Gasteiger charge is 2.38. The number of fused-ring (bicyclic) bond motifs is 1. The molecule has 6 heteroatoms. The van der Waals surface area contributed by atoms with Gasteiger partial charge in [0.2, 0.25) is 0 Å². The van der Waals surface area contributed by atoms with Crippen molar-refractivity contribution >= 4 is 18.3 Å². The molecule has 1 aliphatic rings. The topological polar surface area (TPSA) is 59.6 Å². The number of para-hydroxylation sites is 1.